The minimum absolute atomic E-state index is 0.0963. The Hall–Kier alpha value is -1.05. The molecule has 1 aliphatic heterocycles. The molecule has 0 unspecified atom stereocenters. The Labute approximate surface area is 90.3 Å². The molecule has 15 heavy (non-hydrogen) atoms. The van der Waals surface area contributed by atoms with E-state index in [0.29, 0.717) is 0 Å². The molecule has 1 heterocycles. The second-order valence-electron chi connectivity index (χ2n) is 4.38. The smallest absolute Gasteiger partial charge is 0.126 e. The molecule has 0 radical (unpaired) electrons. The summed E-state index contributed by atoms with van der Waals surface area (Å²) in [4.78, 5) is 0. The Morgan fingerprint density at radius 2 is 2.00 bits per heavy atom. The molecule has 0 saturated heterocycles. The maximum absolute atomic E-state index is 13.2. The third-order valence-electron chi connectivity index (χ3n) is 3.44. The van der Waals surface area contributed by atoms with Gasteiger partial charge in [-0.2, -0.15) is 0 Å². The molecule has 0 bridgehead atoms. The Morgan fingerprint density at radius 1 is 1.33 bits per heavy atom. The highest BCUT2D eigenvalue weighted by atomic mass is 19.1. The summed E-state index contributed by atoms with van der Waals surface area (Å²) in [6.07, 6.45) is 2.78. The molecule has 0 aromatic heterocycles. The average Bonchev–Trinajstić information content (AvgIpc) is 2.58. The topological polar surface area (TPSA) is 9.23 Å². The molecule has 0 spiro atoms. The van der Waals surface area contributed by atoms with Crippen LogP contribution in [-0.4, -0.2) is 5.60 Å². The minimum Gasteiger partial charge on any atom is -0.486 e. The summed E-state index contributed by atoms with van der Waals surface area (Å²) in [7, 11) is 0. The second-order valence-corrected chi connectivity index (χ2v) is 4.38. The highest BCUT2D eigenvalue weighted by molar-refractivity contribution is 5.45. The summed E-state index contributed by atoms with van der Waals surface area (Å²) >= 11 is 0. The van der Waals surface area contributed by atoms with Gasteiger partial charge in [-0.05, 0) is 37.5 Å². The van der Waals surface area contributed by atoms with Crippen molar-refractivity contribution in [2.24, 2.45) is 0 Å². The van der Waals surface area contributed by atoms with Crippen molar-refractivity contribution in [3.05, 3.63) is 29.1 Å². The molecule has 2 heteroatoms. The fourth-order valence-corrected chi connectivity index (χ4v) is 2.32. The predicted molar refractivity (Wildman–Crippen MR) is 58.8 cm³/mol. The van der Waals surface area contributed by atoms with Crippen molar-refractivity contribution in [3.8, 4) is 5.75 Å². The normalized spacial score (nSPS) is 17.3. The number of aryl methyl sites for hydroxylation is 1. The minimum atomic E-state index is -0.155. The van der Waals surface area contributed by atoms with E-state index in [1.165, 1.54) is 0 Å². The zero-order valence-electron chi connectivity index (χ0n) is 9.56. The molecule has 0 fully saturated rings. The lowest BCUT2D eigenvalue weighted by molar-refractivity contribution is 0.0851. The van der Waals surface area contributed by atoms with Crippen molar-refractivity contribution in [1.82, 2.24) is 0 Å². The predicted octanol–water partition coefficient (Wildman–Crippen LogP) is 3.63. The van der Waals surface area contributed by atoms with Crippen molar-refractivity contribution in [2.45, 2.75) is 45.6 Å². The molecule has 82 valence electrons. The molecule has 1 aromatic carbocycles. The van der Waals surface area contributed by atoms with Crippen LogP contribution in [0.2, 0.25) is 0 Å². The monoisotopic (exact) mass is 208 g/mol. The number of hydrogen-bond donors (Lipinski definition) is 0. The summed E-state index contributed by atoms with van der Waals surface area (Å²) in [5.74, 6) is 0.748. The van der Waals surface area contributed by atoms with Gasteiger partial charge in [-0.25, -0.2) is 4.39 Å². The van der Waals surface area contributed by atoms with Crippen molar-refractivity contribution in [2.75, 3.05) is 0 Å². The zero-order valence-corrected chi connectivity index (χ0v) is 9.56. The van der Waals surface area contributed by atoms with E-state index in [0.717, 1.165) is 36.1 Å². The Bertz CT molecular complexity index is 380. The highest BCUT2D eigenvalue weighted by Gasteiger charge is 2.37. The van der Waals surface area contributed by atoms with Crippen LogP contribution in [0.25, 0.3) is 0 Å². The zero-order chi connectivity index (χ0) is 11.1. The van der Waals surface area contributed by atoms with Crippen molar-refractivity contribution >= 4 is 0 Å². The van der Waals surface area contributed by atoms with Crippen molar-refractivity contribution in [3.63, 3.8) is 0 Å². The van der Waals surface area contributed by atoms with E-state index in [1.54, 1.807) is 12.1 Å². The van der Waals surface area contributed by atoms with Crippen LogP contribution in [0.4, 0.5) is 4.39 Å². The van der Waals surface area contributed by atoms with Crippen LogP contribution in [-0.2, 0) is 6.42 Å². The molecule has 0 aliphatic carbocycles. The summed E-state index contributed by atoms with van der Waals surface area (Å²) in [6, 6.07) is 3.15. The first-order valence-corrected chi connectivity index (χ1v) is 5.58. The van der Waals surface area contributed by atoms with Gasteiger partial charge < -0.3 is 4.74 Å². The van der Waals surface area contributed by atoms with Crippen LogP contribution in [0.5, 0.6) is 5.75 Å². The standard InChI is InChI=1S/C13H17FO/c1-4-13(5-2)8-10-7-11(14)6-9(3)12(10)15-13/h6-7H,4-5,8H2,1-3H3. The highest BCUT2D eigenvalue weighted by Crippen LogP contribution is 2.41. The van der Waals surface area contributed by atoms with Crippen LogP contribution in [0, 0.1) is 12.7 Å². The average molecular weight is 208 g/mol. The van der Waals surface area contributed by atoms with E-state index in [2.05, 4.69) is 13.8 Å². The maximum Gasteiger partial charge on any atom is 0.126 e. The lowest BCUT2D eigenvalue weighted by Crippen LogP contribution is -2.32. The van der Waals surface area contributed by atoms with Gasteiger partial charge in [0.25, 0.3) is 0 Å². The summed E-state index contributed by atoms with van der Waals surface area (Å²) in [5.41, 5.74) is 1.84. The van der Waals surface area contributed by atoms with E-state index in [-0.39, 0.29) is 11.4 Å². The Balaban J connectivity index is 2.42. The fraction of sp³-hybridized carbons (Fsp3) is 0.538. The van der Waals surface area contributed by atoms with Gasteiger partial charge in [-0.15, -0.1) is 0 Å². The van der Waals surface area contributed by atoms with Crippen LogP contribution < -0.4 is 4.74 Å². The molecule has 0 N–H and O–H groups in total. The van der Waals surface area contributed by atoms with E-state index < -0.39 is 0 Å². The Kier molecular flexibility index (Phi) is 2.45. The molecule has 0 saturated carbocycles. The van der Waals surface area contributed by atoms with Crippen LogP contribution >= 0.6 is 0 Å². The number of fused-ring (bicyclic) bond motifs is 1. The number of benzene rings is 1. The molecule has 0 amide bonds. The first-order valence-electron chi connectivity index (χ1n) is 5.58. The molecule has 1 aromatic rings. The lowest BCUT2D eigenvalue weighted by atomic mass is 9.91. The molecule has 0 atom stereocenters. The van der Waals surface area contributed by atoms with Crippen molar-refractivity contribution in [1.29, 1.82) is 0 Å². The maximum atomic E-state index is 13.2. The van der Waals surface area contributed by atoms with Crippen molar-refractivity contribution < 1.29 is 9.13 Å². The fourth-order valence-electron chi connectivity index (χ4n) is 2.32. The van der Waals surface area contributed by atoms with Gasteiger partial charge in [0.1, 0.15) is 17.2 Å². The first-order chi connectivity index (χ1) is 7.10. The van der Waals surface area contributed by atoms with Crippen LogP contribution in [0.1, 0.15) is 37.8 Å². The van der Waals surface area contributed by atoms with E-state index >= 15 is 0 Å². The quantitative estimate of drug-likeness (QED) is 0.721. The van der Waals surface area contributed by atoms with Gasteiger partial charge in [0.15, 0.2) is 0 Å². The van der Waals surface area contributed by atoms with Gasteiger partial charge in [-0.1, -0.05) is 13.8 Å². The van der Waals surface area contributed by atoms with Gasteiger partial charge >= 0.3 is 0 Å². The van der Waals surface area contributed by atoms with E-state index in [9.17, 15) is 4.39 Å². The SMILES string of the molecule is CCC1(CC)Cc2cc(F)cc(C)c2O1. The van der Waals surface area contributed by atoms with E-state index in [4.69, 9.17) is 4.74 Å². The molecule has 2 rings (SSSR count). The number of hydrogen-bond acceptors (Lipinski definition) is 1. The second kappa shape index (κ2) is 3.51. The molecule has 1 aliphatic rings. The van der Waals surface area contributed by atoms with Crippen LogP contribution in [0.15, 0.2) is 12.1 Å². The first kappa shape index (κ1) is 10.5. The van der Waals surface area contributed by atoms with Gasteiger partial charge in [0.05, 0.1) is 0 Å². The van der Waals surface area contributed by atoms with E-state index in [1.807, 2.05) is 6.92 Å². The third kappa shape index (κ3) is 1.62. The Morgan fingerprint density at radius 3 is 2.60 bits per heavy atom. The molecular weight excluding hydrogens is 191 g/mol. The lowest BCUT2D eigenvalue weighted by Gasteiger charge is -2.26. The number of rotatable bonds is 2. The summed E-state index contributed by atoms with van der Waals surface area (Å²) < 4.78 is 19.2. The van der Waals surface area contributed by atoms with Crippen LogP contribution in [0.3, 0.4) is 0 Å². The van der Waals surface area contributed by atoms with Gasteiger partial charge in [-0.3, -0.25) is 0 Å². The summed E-state index contributed by atoms with van der Waals surface area (Å²) in [5, 5.41) is 0. The van der Waals surface area contributed by atoms with Gasteiger partial charge in [0, 0.05) is 12.0 Å². The number of halogens is 1. The summed E-state index contributed by atoms with van der Waals surface area (Å²) in [6.45, 7) is 6.16. The molecule has 1 nitrogen and oxygen atoms in total. The number of ether oxygens (including phenoxy) is 1. The largest absolute Gasteiger partial charge is 0.486 e. The molecular formula is C13H17FO. The third-order valence-corrected chi connectivity index (χ3v) is 3.44. The van der Waals surface area contributed by atoms with Gasteiger partial charge in [0.2, 0.25) is 0 Å².